The molecule has 0 spiro atoms. The summed E-state index contributed by atoms with van der Waals surface area (Å²) in [6.45, 7) is 3.39. The zero-order valence-corrected chi connectivity index (χ0v) is 10.7. The highest BCUT2D eigenvalue weighted by molar-refractivity contribution is 5.94. The molecule has 1 saturated heterocycles. The van der Waals surface area contributed by atoms with E-state index in [9.17, 15) is 4.79 Å². The number of nitrogens with two attached hydrogens (primary N) is 1. The van der Waals surface area contributed by atoms with Crippen LogP contribution in [0.1, 0.15) is 41.7 Å². The van der Waals surface area contributed by atoms with Crippen LogP contribution in [0.25, 0.3) is 0 Å². The van der Waals surface area contributed by atoms with Gasteiger partial charge < -0.3 is 15.8 Å². The van der Waals surface area contributed by atoms with Gasteiger partial charge in [-0.05, 0) is 37.5 Å². The second-order valence-electron chi connectivity index (χ2n) is 4.77. The highest BCUT2D eigenvalue weighted by atomic mass is 16.5. The molecule has 1 fully saturated rings. The van der Waals surface area contributed by atoms with Crippen LogP contribution in [0.2, 0.25) is 0 Å². The Balaban J connectivity index is 1.95. The Morgan fingerprint density at radius 2 is 1.94 bits per heavy atom. The van der Waals surface area contributed by atoms with Crippen LogP contribution >= 0.6 is 0 Å². The quantitative estimate of drug-likeness (QED) is 0.854. The maximum absolute atomic E-state index is 12.0. The second-order valence-corrected chi connectivity index (χ2v) is 4.77. The summed E-state index contributed by atoms with van der Waals surface area (Å²) in [6, 6.07) is 7.70. The average Bonchev–Trinajstić information content (AvgIpc) is 2.40. The maximum Gasteiger partial charge on any atom is 0.251 e. The predicted octanol–water partition coefficient (Wildman–Crippen LogP) is 1.62. The molecule has 0 radical (unpaired) electrons. The number of hydrogen-bond donors (Lipinski definition) is 2. The topological polar surface area (TPSA) is 64.4 Å². The van der Waals surface area contributed by atoms with Crippen LogP contribution in [-0.4, -0.2) is 25.2 Å². The number of ether oxygens (including phenoxy) is 1. The third-order valence-corrected chi connectivity index (χ3v) is 3.26. The summed E-state index contributed by atoms with van der Waals surface area (Å²) in [5.74, 6) is -0.0156. The second kappa shape index (κ2) is 5.98. The van der Waals surface area contributed by atoms with Crippen molar-refractivity contribution in [2.75, 3.05) is 13.2 Å². The summed E-state index contributed by atoms with van der Waals surface area (Å²) in [5.41, 5.74) is 7.50. The molecule has 0 aliphatic carbocycles. The van der Waals surface area contributed by atoms with Crippen molar-refractivity contribution in [3.05, 3.63) is 35.4 Å². The van der Waals surface area contributed by atoms with Gasteiger partial charge >= 0.3 is 0 Å². The first kappa shape index (κ1) is 13.1. The fourth-order valence-electron chi connectivity index (χ4n) is 2.05. The zero-order valence-electron chi connectivity index (χ0n) is 10.7. The van der Waals surface area contributed by atoms with E-state index >= 15 is 0 Å². The number of nitrogens with one attached hydrogen (secondary N) is 1. The summed E-state index contributed by atoms with van der Waals surface area (Å²) in [6.07, 6.45) is 1.79. The molecule has 98 valence electrons. The fraction of sp³-hybridized carbons (Fsp3) is 0.500. The number of rotatable bonds is 3. The molecule has 2 rings (SSSR count). The van der Waals surface area contributed by atoms with E-state index in [1.807, 2.05) is 31.2 Å². The molecule has 1 aliphatic rings. The van der Waals surface area contributed by atoms with Crippen LogP contribution in [0.4, 0.5) is 0 Å². The molecular formula is C14H20N2O2. The van der Waals surface area contributed by atoms with Gasteiger partial charge in [-0.2, -0.15) is 0 Å². The summed E-state index contributed by atoms with van der Waals surface area (Å²) in [4.78, 5) is 12.0. The lowest BCUT2D eigenvalue weighted by atomic mass is 10.1. The van der Waals surface area contributed by atoms with Gasteiger partial charge in [0.15, 0.2) is 0 Å². The predicted molar refractivity (Wildman–Crippen MR) is 70.4 cm³/mol. The van der Waals surface area contributed by atoms with Crippen molar-refractivity contribution >= 4 is 5.91 Å². The third kappa shape index (κ3) is 3.31. The lowest BCUT2D eigenvalue weighted by Gasteiger charge is -2.23. The smallest absolute Gasteiger partial charge is 0.251 e. The minimum Gasteiger partial charge on any atom is -0.381 e. The molecule has 1 amide bonds. The Bertz CT molecular complexity index is 395. The minimum absolute atomic E-state index is 0.00222. The van der Waals surface area contributed by atoms with E-state index in [1.54, 1.807) is 0 Å². The van der Waals surface area contributed by atoms with Crippen molar-refractivity contribution in [3.8, 4) is 0 Å². The van der Waals surface area contributed by atoms with Gasteiger partial charge in [0, 0.05) is 30.9 Å². The van der Waals surface area contributed by atoms with Gasteiger partial charge in [0.05, 0.1) is 0 Å². The number of hydrogen-bond acceptors (Lipinski definition) is 3. The van der Waals surface area contributed by atoms with E-state index in [-0.39, 0.29) is 18.0 Å². The van der Waals surface area contributed by atoms with E-state index in [4.69, 9.17) is 10.5 Å². The van der Waals surface area contributed by atoms with E-state index in [2.05, 4.69) is 5.32 Å². The molecule has 1 aliphatic heterocycles. The number of carbonyl (C=O) groups is 1. The molecule has 0 saturated carbocycles. The van der Waals surface area contributed by atoms with Crippen LogP contribution in [0.5, 0.6) is 0 Å². The summed E-state index contributed by atoms with van der Waals surface area (Å²) in [7, 11) is 0. The highest BCUT2D eigenvalue weighted by Crippen LogP contribution is 2.12. The average molecular weight is 248 g/mol. The van der Waals surface area contributed by atoms with Crippen LogP contribution in [0.3, 0.4) is 0 Å². The van der Waals surface area contributed by atoms with E-state index in [0.29, 0.717) is 5.56 Å². The van der Waals surface area contributed by atoms with Gasteiger partial charge in [-0.15, -0.1) is 0 Å². The van der Waals surface area contributed by atoms with Gasteiger partial charge in [0.1, 0.15) is 0 Å². The number of amides is 1. The molecule has 4 heteroatoms. The molecular weight excluding hydrogens is 228 g/mol. The van der Waals surface area contributed by atoms with E-state index < -0.39 is 0 Å². The normalized spacial score (nSPS) is 18.3. The summed E-state index contributed by atoms with van der Waals surface area (Å²) in [5, 5.41) is 3.03. The molecule has 0 aromatic heterocycles. The molecule has 1 aromatic carbocycles. The molecule has 1 heterocycles. The first-order valence-corrected chi connectivity index (χ1v) is 6.41. The Labute approximate surface area is 108 Å². The van der Waals surface area contributed by atoms with Crippen molar-refractivity contribution in [1.29, 1.82) is 0 Å². The highest BCUT2D eigenvalue weighted by Gasteiger charge is 2.16. The maximum atomic E-state index is 12.0. The molecule has 1 unspecified atom stereocenters. The van der Waals surface area contributed by atoms with Crippen molar-refractivity contribution in [1.82, 2.24) is 5.32 Å². The van der Waals surface area contributed by atoms with Crippen LogP contribution in [0.15, 0.2) is 24.3 Å². The van der Waals surface area contributed by atoms with Gasteiger partial charge in [0.2, 0.25) is 0 Å². The molecule has 3 N–H and O–H groups in total. The Kier molecular flexibility index (Phi) is 4.33. The first-order valence-electron chi connectivity index (χ1n) is 6.41. The number of carbonyl (C=O) groups excluding carboxylic acids is 1. The first-order chi connectivity index (χ1) is 8.66. The van der Waals surface area contributed by atoms with Crippen molar-refractivity contribution in [2.24, 2.45) is 5.73 Å². The molecule has 1 atom stereocenters. The van der Waals surface area contributed by atoms with Crippen LogP contribution in [0, 0.1) is 0 Å². The van der Waals surface area contributed by atoms with E-state index in [0.717, 1.165) is 31.6 Å². The Morgan fingerprint density at radius 3 is 2.50 bits per heavy atom. The van der Waals surface area contributed by atoms with Crippen molar-refractivity contribution in [3.63, 3.8) is 0 Å². The van der Waals surface area contributed by atoms with Crippen LogP contribution < -0.4 is 11.1 Å². The molecule has 0 bridgehead atoms. The summed E-state index contributed by atoms with van der Waals surface area (Å²) < 4.78 is 5.26. The van der Waals surface area contributed by atoms with Gasteiger partial charge in [-0.1, -0.05) is 12.1 Å². The van der Waals surface area contributed by atoms with Crippen molar-refractivity contribution in [2.45, 2.75) is 31.8 Å². The lowest BCUT2D eigenvalue weighted by Crippen LogP contribution is -2.38. The molecule has 4 nitrogen and oxygen atoms in total. The molecule has 1 aromatic rings. The minimum atomic E-state index is -0.0156. The SMILES string of the molecule is CC(N)c1ccc(C(=O)NC2CCOCC2)cc1. The number of benzene rings is 1. The molecule has 18 heavy (non-hydrogen) atoms. The largest absolute Gasteiger partial charge is 0.381 e. The lowest BCUT2D eigenvalue weighted by molar-refractivity contribution is 0.0696. The fourth-order valence-corrected chi connectivity index (χ4v) is 2.05. The third-order valence-electron chi connectivity index (χ3n) is 3.26. The Morgan fingerprint density at radius 1 is 1.33 bits per heavy atom. The standard InChI is InChI=1S/C14H20N2O2/c1-10(15)11-2-4-12(5-3-11)14(17)16-13-6-8-18-9-7-13/h2-5,10,13H,6-9,15H2,1H3,(H,16,17). The van der Waals surface area contributed by atoms with Crippen LogP contribution in [-0.2, 0) is 4.74 Å². The van der Waals surface area contributed by atoms with Gasteiger partial charge in [-0.25, -0.2) is 0 Å². The zero-order chi connectivity index (χ0) is 13.0. The monoisotopic (exact) mass is 248 g/mol. The van der Waals surface area contributed by atoms with Crippen molar-refractivity contribution < 1.29 is 9.53 Å². The summed E-state index contributed by atoms with van der Waals surface area (Å²) >= 11 is 0. The van der Waals surface area contributed by atoms with Gasteiger partial charge in [-0.3, -0.25) is 4.79 Å². The van der Waals surface area contributed by atoms with Gasteiger partial charge in [0.25, 0.3) is 5.91 Å². The van der Waals surface area contributed by atoms with E-state index in [1.165, 1.54) is 0 Å². The Hall–Kier alpha value is -1.39.